The van der Waals surface area contributed by atoms with E-state index in [9.17, 15) is 9.90 Å². The Morgan fingerprint density at radius 1 is 0.778 bits per heavy atom. The lowest BCUT2D eigenvalue weighted by molar-refractivity contribution is -0.141. The average Bonchev–Trinajstić information content (AvgIpc) is 2.70. The molecule has 0 amide bonds. The fraction of sp³-hybridized carbons (Fsp3) is 0.174. The molecular weight excluding hydrogens is 419 g/mol. The lowest BCUT2D eigenvalue weighted by atomic mass is 10.1. The Labute approximate surface area is 172 Å². The van der Waals surface area contributed by atoms with Crippen LogP contribution in [0.25, 0.3) is 0 Å². The number of rotatable bonds is 7. The van der Waals surface area contributed by atoms with Crippen LogP contribution in [-0.4, -0.2) is 17.2 Å². The van der Waals surface area contributed by atoms with Crippen LogP contribution in [0.3, 0.4) is 0 Å². The SMILES string of the molecule is CC(CC[P+](c1ccccc1)(c1ccccc1)c1ccccc1)C(=O)O.[Br-]. The van der Waals surface area contributed by atoms with Gasteiger partial charge in [-0.05, 0) is 42.8 Å². The maximum absolute atomic E-state index is 11.4. The van der Waals surface area contributed by atoms with Gasteiger partial charge in [0.25, 0.3) is 0 Å². The molecule has 3 rings (SSSR count). The van der Waals surface area contributed by atoms with Gasteiger partial charge in [-0.2, -0.15) is 0 Å². The molecule has 0 bridgehead atoms. The topological polar surface area (TPSA) is 37.3 Å². The van der Waals surface area contributed by atoms with Gasteiger partial charge in [0.15, 0.2) is 0 Å². The molecule has 1 atom stereocenters. The lowest BCUT2D eigenvalue weighted by Gasteiger charge is -2.28. The van der Waals surface area contributed by atoms with Gasteiger partial charge in [0, 0.05) is 0 Å². The summed E-state index contributed by atoms with van der Waals surface area (Å²) in [6, 6.07) is 31.7. The van der Waals surface area contributed by atoms with Crippen LogP contribution in [0.15, 0.2) is 91.0 Å². The average molecular weight is 443 g/mol. The molecule has 0 heterocycles. The summed E-state index contributed by atoms with van der Waals surface area (Å²) in [5, 5.41) is 13.3. The van der Waals surface area contributed by atoms with E-state index < -0.39 is 13.2 Å². The summed E-state index contributed by atoms with van der Waals surface area (Å²) in [6.07, 6.45) is 1.50. The third-order valence-corrected chi connectivity index (χ3v) is 9.38. The molecule has 0 aliphatic carbocycles. The predicted octanol–water partition coefficient (Wildman–Crippen LogP) is 1.10. The van der Waals surface area contributed by atoms with Crippen LogP contribution in [0.1, 0.15) is 13.3 Å². The van der Waals surface area contributed by atoms with Crippen LogP contribution in [-0.2, 0) is 4.79 Å². The van der Waals surface area contributed by atoms with Gasteiger partial charge in [-0.15, -0.1) is 0 Å². The first-order chi connectivity index (χ1) is 12.6. The molecule has 0 fully saturated rings. The zero-order valence-corrected chi connectivity index (χ0v) is 17.8. The van der Waals surface area contributed by atoms with E-state index in [1.54, 1.807) is 6.92 Å². The molecular formula is C23H24BrO2P. The molecule has 0 radical (unpaired) electrons. The predicted molar refractivity (Wildman–Crippen MR) is 111 cm³/mol. The number of carbonyl (C=O) groups is 1. The van der Waals surface area contributed by atoms with Crippen LogP contribution in [0, 0.1) is 5.92 Å². The fourth-order valence-electron chi connectivity index (χ4n) is 3.39. The number of benzene rings is 3. The maximum atomic E-state index is 11.4. The van der Waals surface area contributed by atoms with Crippen LogP contribution in [0.4, 0.5) is 0 Å². The van der Waals surface area contributed by atoms with Crippen molar-refractivity contribution in [2.75, 3.05) is 6.16 Å². The van der Waals surface area contributed by atoms with Crippen LogP contribution >= 0.6 is 7.26 Å². The number of hydrogen-bond acceptors (Lipinski definition) is 1. The van der Waals surface area contributed by atoms with Gasteiger partial charge in [0.2, 0.25) is 0 Å². The number of halogens is 1. The zero-order valence-electron chi connectivity index (χ0n) is 15.3. The summed E-state index contributed by atoms with van der Waals surface area (Å²) in [7, 11) is -1.91. The third kappa shape index (κ3) is 4.66. The molecule has 2 nitrogen and oxygen atoms in total. The molecule has 0 spiro atoms. The fourth-order valence-corrected chi connectivity index (χ4v) is 7.88. The van der Waals surface area contributed by atoms with Gasteiger partial charge in [0.1, 0.15) is 23.2 Å². The highest BCUT2D eigenvalue weighted by Gasteiger charge is 2.45. The van der Waals surface area contributed by atoms with Gasteiger partial charge in [-0.25, -0.2) is 0 Å². The number of carboxylic acid groups (broad SMARTS) is 1. The Hall–Kier alpha value is -1.96. The Morgan fingerprint density at radius 3 is 1.41 bits per heavy atom. The highest BCUT2D eigenvalue weighted by molar-refractivity contribution is 7.95. The summed E-state index contributed by atoms with van der Waals surface area (Å²) < 4.78 is 0. The van der Waals surface area contributed by atoms with E-state index in [4.69, 9.17) is 0 Å². The Kier molecular flexibility index (Phi) is 7.77. The normalized spacial score (nSPS) is 12.0. The quantitative estimate of drug-likeness (QED) is 0.556. The van der Waals surface area contributed by atoms with Crippen LogP contribution in [0.5, 0.6) is 0 Å². The van der Waals surface area contributed by atoms with E-state index in [0.29, 0.717) is 6.42 Å². The smallest absolute Gasteiger partial charge is 0.306 e. The van der Waals surface area contributed by atoms with Gasteiger partial charge < -0.3 is 22.1 Å². The third-order valence-electron chi connectivity index (χ3n) is 4.91. The minimum Gasteiger partial charge on any atom is -1.00 e. The van der Waals surface area contributed by atoms with Crippen molar-refractivity contribution in [2.24, 2.45) is 5.92 Å². The van der Waals surface area contributed by atoms with E-state index in [2.05, 4.69) is 72.8 Å². The van der Waals surface area contributed by atoms with E-state index in [-0.39, 0.29) is 22.9 Å². The number of hydrogen-bond donors (Lipinski definition) is 1. The standard InChI is InChI=1S/C23H23O2P.BrH/c1-19(23(24)25)17-18-26(20-11-5-2-6-12-20,21-13-7-3-8-14-21)22-15-9-4-10-16-22;/h2-16,19H,17-18H2,1H3;1H. The highest BCUT2D eigenvalue weighted by atomic mass is 79.9. The lowest BCUT2D eigenvalue weighted by Crippen LogP contribution is -3.00. The minimum atomic E-state index is -1.91. The largest absolute Gasteiger partial charge is 1.00 e. The molecule has 3 aromatic carbocycles. The van der Waals surface area contributed by atoms with Crippen molar-refractivity contribution in [3.63, 3.8) is 0 Å². The van der Waals surface area contributed by atoms with E-state index in [1.165, 1.54) is 15.9 Å². The molecule has 4 heteroatoms. The number of aliphatic carboxylic acids is 1. The summed E-state index contributed by atoms with van der Waals surface area (Å²) in [4.78, 5) is 11.4. The van der Waals surface area contributed by atoms with Crippen molar-refractivity contribution < 1.29 is 26.9 Å². The van der Waals surface area contributed by atoms with Crippen LogP contribution < -0.4 is 32.9 Å². The summed E-state index contributed by atoms with van der Waals surface area (Å²) in [6.45, 7) is 1.80. The van der Waals surface area contributed by atoms with Crippen molar-refractivity contribution in [3.05, 3.63) is 91.0 Å². The summed E-state index contributed by atoms with van der Waals surface area (Å²) in [5.41, 5.74) is 0. The molecule has 0 aliphatic rings. The first kappa shape index (κ1) is 21.3. The van der Waals surface area contributed by atoms with Crippen molar-refractivity contribution in [2.45, 2.75) is 13.3 Å². The minimum absolute atomic E-state index is 0. The van der Waals surface area contributed by atoms with Crippen molar-refractivity contribution >= 4 is 29.1 Å². The van der Waals surface area contributed by atoms with Crippen molar-refractivity contribution in [1.82, 2.24) is 0 Å². The molecule has 0 aromatic heterocycles. The summed E-state index contributed by atoms with van der Waals surface area (Å²) >= 11 is 0. The molecule has 0 saturated carbocycles. The first-order valence-electron chi connectivity index (χ1n) is 8.92. The van der Waals surface area contributed by atoms with Crippen molar-refractivity contribution in [3.8, 4) is 0 Å². The molecule has 140 valence electrons. The van der Waals surface area contributed by atoms with Gasteiger partial charge >= 0.3 is 5.97 Å². The Bertz CT molecular complexity index is 741. The van der Waals surface area contributed by atoms with E-state index in [1.807, 2.05) is 18.2 Å². The molecule has 27 heavy (non-hydrogen) atoms. The molecule has 0 saturated heterocycles. The van der Waals surface area contributed by atoms with Crippen LogP contribution in [0.2, 0.25) is 0 Å². The van der Waals surface area contributed by atoms with Gasteiger partial charge in [0.05, 0.1) is 12.1 Å². The van der Waals surface area contributed by atoms with Gasteiger partial charge in [-0.3, -0.25) is 4.79 Å². The Balaban J connectivity index is 0.00000261. The highest BCUT2D eigenvalue weighted by Crippen LogP contribution is 2.56. The van der Waals surface area contributed by atoms with E-state index in [0.717, 1.165) is 6.16 Å². The number of carboxylic acids is 1. The second-order valence-corrected chi connectivity index (χ2v) is 10.2. The maximum Gasteiger partial charge on any atom is 0.306 e. The second kappa shape index (κ2) is 9.82. The van der Waals surface area contributed by atoms with E-state index >= 15 is 0 Å². The molecule has 1 N–H and O–H groups in total. The Morgan fingerprint density at radius 2 is 1.11 bits per heavy atom. The summed E-state index contributed by atoms with van der Waals surface area (Å²) in [5.74, 6) is -1.08. The van der Waals surface area contributed by atoms with Crippen molar-refractivity contribution in [1.29, 1.82) is 0 Å². The zero-order chi connectivity index (χ0) is 18.4. The first-order valence-corrected chi connectivity index (χ1v) is 10.9. The molecule has 3 aromatic rings. The monoisotopic (exact) mass is 442 g/mol. The second-order valence-electron chi connectivity index (χ2n) is 6.57. The molecule has 1 unspecified atom stereocenters. The van der Waals surface area contributed by atoms with Gasteiger partial charge in [-0.1, -0.05) is 61.5 Å². The molecule has 0 aliphatic heterocycles.